The predicted molar refractivity (Wildman–Crippen MR) is 37.2 cm³/mol. The molecule has 2 N–H and O–H groups in total. The van der Waals surface area contributed by atoms with E-state index in [0.717, 1.165) is 11.3 Å². The molecule has 2 aromatic heterocycles. The van der Waals surface area contributed by atoms with E-state index in [-0.39, 0.29) is 0 Å². The van der Waals surface area contributed by atoms with Gasteiger partial charge in [-0.1, -0.05) is 0 Å². The van der Waals surface area contributed by atoms with E-state index < -0.39 is 0 Å². The van der Waals surface area contributed by atoms with Crippen LogP contribution in [0.5, 0.6) is 0 Å². The van der Waals surface area contributed by atoms with Crippen LogP contribution >= 0.6 is 0 Å². The maximum atomic E-state index is 3.71. The first-order chi connectivity index (χ1) is 4.97. The summed E-state index contributed by atoms with van der Waals surface area (Å²) in [4.78, 5) is 3.05. The van der Waals surface area contributed by atoms with Crippen LogP contribution < -0.4 is 0 Å². The van der Waals surface area contributed by atoms with Crippen LogP contribution in [0.1, 0.15) is 0 Å². The van der Waals surface area contributed by atoms with Crippen LogP contribution in [0.15, 0.2) is 24.5 Å². The lowest BCUT2D eigenvalue weighted by molar-refractivity contribution is 1.08. The minimum absolute atomic E-state index is 0.963. The molecule has 3 nitrogen and oxygen atoms in total. The number of aromatic nitrogens is 3. The van der Waals surface area contributed by atoms with Crippen LogP contribution in [0.4, 0.5) is 0 Å². The molecule has 0 atom stereocenters. The first-order valence-electron chi connectivity index (χ1n) is 3.02. The zero-order valence-electron chi connectivity index (χ0n) is 5.26. The average molecular weight is 132 g/mol. The standard InChI is InChI=1S/C7H6N3/c1-2-7(8-3-1)6-4-9-10-5-6/h1-4,8H,(H,9,10). The highest BCUT2D eigenvalue weighted by molar-refractivity contribution is 5.55. The fourth-order valence-corrected chi connectivity index (χ4v) is 0.857. The third kappa shape index (κ3) is 0.719. The van der Waals surface area contributed by atoms with E-state index >= 15 is 0 Å². The van der Waals surface area contributed by atoms with Gasteiger partial charge in [0.1, 0.15) is 6.20 Å². The Bertz CT molecular complexity index is 248. The van der Waals surface area contributed by atoms with Gasteiger partial charge in [0.15, 0.2) is 0 Å². The van der Waals surface area contributed by atoms with E-state index in [1.807, 2.05) is 18.3 Å². The largest absolute Gasteiger partial charge is 0.361 e. The Morgan fingerprint density at radius 2 is 2.50 bits per heavy atom. The highest BCUT2D eigenvalue weighted by Crippen LogP contribution is 2.12. The van der Waals surface area contributed by atoms with Crippen LogP contribution in [0, 0.1) is 6.20 Å². The number of aromatic amines is 2. The number of rotatable bonds is 1. The third-order valence-corrected chi connectivity index (χ3v) is 1.34. The summed E-state index contributed by atoms with van der Waals surface area (Å²) in [5.41, 5.74) is 2.00. The number of hydrogen-bond donors (Lipinski definition) is 2. The van der Waals surface area contributed by atoms with Crippen molar-refractivity contribution in [2.24, 2.45) is 0 Å². The van der Waals surface area contributed by atoms with Crippen molar-refractivity contribution in [2.45, 2.75) is 0 Å². The van der Waals surface area contributed by atoms with Crippen molar-refractivity contribution in [1.82, 2.24) is 15.2 Å². The zero-order valence-corrected chi connectivity index (χ0v) is 5.26. The molecule has 0 aromatic carbocycles. The van der Waals surface area contributed by atoms with Gasteiger partial charge in [-0.15, -0.1) is 0 Å². The second-order valence-corrected chi connectivity index (χ2v) is 1.99. The molecule has 1 radical (unpaired) electrons. The second kappa shape index (κ2) is 2.02. The van der Waals surface area contributed by atoms with Crippen molar-refractivity contribution in [2.75, 3.05) is 0 Å². The van der Waals surface area contributed by atoms with Gasteiger partial charge in [-0.2, -0.15) is 5.10 Å². The van der Waals surface area contributed by atoms with Crippen LogP contribution in [0.25, 0.3) is 11.3 Å². The van der Waals surface area contributed by atoms with Crippen LogP contribution in [-0.4, -0.2) is 15.2 Å². The molecule has 2 aromatic rings. The molecule has 0 bridgehead atoms. The molecular formula is C7H6N3. The fourth-order valence-electron chi connectivity index (χ4n) is 0.857. The lowest BCUT2D eigenvalue weighted by atomic mass is 10.3. The van der Waals surface area contributed by atoms with Crippen molar-refractivity contribution in [1.29, 1.82) is 0 Å². The molecule has 2 heterocycles. The van der Waals surface area contributed by atoms with Gasteiger partial charge < -0.3 is 4.98 Å². The van der Waals surface area contributed by atoms with E-state index in [2.05, 4.69) is 21.4 Å². The van der Waals surface area contributed by atoms with Crippen LogP contribution in [-0.2, 0) is 0 Å². The van der Waals surface area contributed by atoms with Gasteiger partial charge in [-0.25, -0.2) is 0 Å². The SMILES string of the molecule is [c]1n[nH]cc1-c1ccc[nH]1. The van der Waals surface area contributed by atoms with Gasteiger partial charge in [0.05, 0.1) is 0 Å². The Kier molecular flexibility index (Phi) is 1.07. The smallest absolute Gasteiger partial charge is 0.122 e. The van der Waals surface area contributed by atoms with E-state index in [1.54, 1.807) is 6.20 Å². The molecular weight excluding hydrogens is 126 g/mol. The van der Waals surface area contributed by atoms with E-state index in [1.165, 1.54) is 0 Å². The van der Waals surface area contributed by atoms with Crippen LogP contribution in [0.2, 0.25) is 0 Å². The van der Waals surface area contributed by atoms with Crippen molar-refractivity contribution < 1.29 is 0 Å². The number of nitrogens with one attached hydrogen (secondary N) is 2. The molecule has 10 heavy (non-hydrogen) atoms. The normalized spacial score (nSPS) is 10.0. The van der Waals surface area contributed by atoms with Gasteiger partial charge >= 0.3 is 0 Å². The van der Waals surface area contributed by atoms with E-state index in [4.69, 9.17) is 0 Å². The van der Waals surface area contributed by atoms with Crippen molar-refractivity contribution in [3.8, 4) is 11.3 Å². The highest BCUT2D eigenvalue weighted by atomic mass is 15.1. The van der Waals surface area contributed by atoms with E-state index in [9.17, 15) is 0 Å². The summed E-state index contributed by atoms with van der Waals surface area (Å²) in [5.74, 6) is 0. The van der Waals surface area contributed by atoms with Gasteiger partial charge in [-0.05, 0) is 12.1 Å². The maximum absolute atomic E-state index is 3.71. The molecule has 0 aliphatic heterocycles. The van der Waals surface area contributed by atoms with Gasteiger partial charge in [0, 0.05) is 23.7 Å². The monoisotopic (exact) mass is 132 g/mol. The molecule has 0 aliphatic carbocycles. The first-order valence-corrected chi connectivity index (χ1v) is 3.02. The molecule has 3 heteroatoms. The number of H-pyrrole nitrogens is 2. The lowest BCUT2D eigenvalue weighted by Crippen LogP contribution is -1.69. The summed E-state index contributed by atoms with van der Waals surface area (Å²) in [7, 11) is 0. The Morgan fingerprint density at radius 3 is 3.10 bits per heavy atom. The molecule has 2 rings (SSSR count). The maximum Gasteiger partial charge on any atom is 0.122 e. The van der Waals surface area contributed by atoms with Crippen molar-refractivity contribution in [3.05, 3.63) is 30.7 Å². The molecule has 49 valence electrons. The molecule has 0 spiro atoms. The summed E-state index contributed by atoms with van der Waals surface area (Å²) in [5, 5.41) is 6.40. The zero-order chi connectivity index (χ0) is 6.81. The van der Waals surface area contributed by atoms with Gasteiger partial charge in [0.2, 0.25) is 0 Å². The molecule has 0 unspecified atom stereocenters. The third-order valence-electron chi connectivity index (χ3n) is 1.34. The average Bonchev–Trinajstić information content (AvgIpc) is 2.59. The van der Waals surface area contributed by atoms with Gasteiger partial charge in [-0.3, -0.25) is 5.10 Å². The molecule has 0 saturated heterocycles. The van der Waals surface area contributed by atoms with E-state index in [0.29, 0.717) is 0 Å². The summed E-state index contributed by atoms with van der Waals surface area (Å²) in [6.07, 6.45) is 6.47. The summed E-state index contributed by atoms with van der Waals surface area (Å²) >= 11 is 0. The Morgan fingerprint density at radius 1 is 1.50 bits per heavy atom. The molecule has 0 fully saturated rings. The predicted octanol–water partition coefficient (Wildman–Crippen LogP) is 1.20. The number of hydrogen-bond acceptors (Lipinski definition) is 1. The highest BCUT2D eigenvalue weighted by Gasteiger charge is 1.96. The minimum atomic E-state index is 0.963. The van der Waals surface area contributed by atoms with Gasteiger partial charge in [0.25, 0.3) is 0 Å². The Hall–Kier alpha value is -1.51. The van der Waals surface area contributed by atoms with Crippen molar-refractivity contribution in [3.63, 3.8) is 0 Å². The molecule has 0 amide bonds. The fraction of sp³-hybridized carbons (Fsp3) is 0. The molecule has 0 aliphatic rings. The summed E-state index contributed by atoms with van der Waals surface area (Å²) in [6.45, 7) is 0. The first kappa shape index (κ1) is 5.29. The quantitative estimate of drug-likeness (QED) is 0.601. The Balaban J connectivity index is 2.48. The lowest BCUT2D eigenvalue weighted by Gasteiger charge is -1.85. The van der Waals surface area contributed by atoms with Crippen LogP contribution in [0.3, 0.4) is 0 Å². The summed E-state index contributed by atoms with van der Waals surface area (Å²) in [6, 6.07) is 3.91. The summed E-state index contributed by atoms with van der Waals surface area (Å²) < 4.78 is 0. The topological polar surface area (TPSA) is 44.5 Å². The van der Waals surface area contributed by atoms with Crippen molar-refractivity contribution >= 4 is 0 Å². The Labute approximate surface area is 58.1 Å². The number of nitrogens with zero attached hydrogens (tertiary/aromatic N) is 1. The molecule has 0 saturated carbocycles. The second-order valence-electron chi connectivity index (χ2n) is 1.99. The minimum Gasteiger partial charge on any atom is -0.361 e.